The molecular weight excluding hydrogens is 448 g/mol. The van der Waals surface area contributed by atoms with Gasteiger partial charge in [-0.1, -0.05) is 17.3 Å². The van der Waals surface area contributed by atoms with Crippen molar-refractivity contribution in [2.24, 2.45) is 0 Å². The molecule has 0 saturated carbocycles. The fourth-order valence-electron chi connectivity index (χ4n) is 2.97. The maximum Gasteiger partial charge on any atom is 0.471 e. The third-order valence-electron chi connectivity index (χ3n) is 4.71. The van der Waals surface area contributed by atoms with Gasteiger partial charge < -0.3 is 19.9 Å². The van der Waals surface area contributed by atoms with Crippen LogP contribution in [0, 0.1) is 5.82 Å². The van der Waals surface area contributed by atoms with E-state index >= 15 is 0 Å². The molecule has 0 radical (unpaired) electrons. The first-order valence-electron chi connectivity index (χ1n) is 9.35. The predicted molar refractivity (Wildman–Crippen MR) is 110 cm³/mol. The molecule has 0 aliphatic carbocycles. The minimum atomic E-state index is -4.81. The van der Waals surface area contributed by atoms with Crippen LogP contribution < -0.4 is 26.2 Å². The molecule has 0 aliphatic rings. The summed E-state index contributed by atoms with van der Waals surface area (Å²) >= 11 is 0. The van der Waals surface area contributed by atoms with E-state index in [1.165, 1.54) is 19.2 Å². The molecule has 3 aromatic carbocycles. The van der Waals surface area contributed by atoms with E-state index in [0.717, 1.165) is 6.07 Å². The second-order valence-electron chi connectivity index (χ2n) is 6.84. The number of methoxy groups -OCH3 is 1. The second-order valence-corrected chi connectivity index (χ2v) is 6.84. The Morgan fingerprint density at radius 2 is 1.73 bits per heavy atom. The number of hydrogen-bond acceptors (Lipinski definition) is 8. The molecule has 4 rings (SSSR count). The summed E-state index contributed by atoms with van der Waals surface area (Å²) in [6, 6.07) is 10.2. The van der Waals surface area contributed by atoms with E-state index in [4.69, 9.17) is 4.74 Å². The number of anilines is 3. The fraction of sp³-hybridized carbons (Fsp3) is 0.143. The topological polar surface area (TPSA) is 106 Å². The molecular formula is C21H14F4N4O4. The lowest BCUT2D eigenvalue weighted by atomic mass is 10.1. The number of nitrogens with zero attached hydrogens (tertiary/aromatic N) is 2. The van der Waals surface area contributed by atoms with Gasteiger partial charge in [0.1, 0.15) is 22.9 Å². The number of hydrogen-bond donors (Lipinski definition) is 2. The van der Waals surface area contributed by atoms with E-state index in [0.29, 0.717) is 11.4 Å². The Morgan fingerprint density at radius 3 is 2.33 bits per heavy atom. The first-order valence-corrected chi connectivity index (χ1v) is 9.35. The van der Waals surface area contributed by atoms with Gasteiger partial charge in [0.05, 0.1) is 7.11 Å². The molecule has 0 bridgehead atoms. The summed E-state index contributed by atoms with van der Waals surface area (Å²) < 4.78 is 61.5. The molecule has 2 N–H and O–H groups in total. The molecule has 33 heavy (non-hydrogen) atoms. The molecule has 170 valence electrons. The summed E-state index contributed by atoms with van der Waals surface area (Å²) in [5.41, 5.74) is -0.829. The minimum Gasteiger partial charge on any atom is -0.497 e. The van der Waals surface area contributed by atoms with Crippen LogP contribution in [0.15, 0.2) is 56.6 Å². The van der Waals surface area contributed by atoms with Gasteiger partial charge in [-0.05, 0) is 30.3 Å². The van der Waals surface area contributed by atoms with Gasteiger partial charge in [0, 0.05) is 23.4 Å². The highest BCUT2D eigenvalue weighted by atomic mass is 19.4. The standard InChI is InChI=1S/C21H14F4N4O4/c1-32-13-6-4-12(5-7-13)27-16-15(17(30)18(16)31)26-9-11-3-2-10(8-14(11)22)19-28-20(33-29-19)21(23,24)25/h2-8,26-27H,9H2,1H3. The normalized spacial score (nSPS) is 11.5. The maximum atomic E-state index is 14.5. The quantitative estimate of drug-likeness (QED) is 0.315. The Balaban J connectivity index is 1.47. The van der Waals surface area contributed by atoms with Gasteiger partial charge in [-0.25, -0.2) is 4.39 Å². The Hall–Kier alpha value is -4.22. The lowest BCUT2D eigenvalue weighted by molar-refractivity contribution is -0.159. The molecule has 0 atom stereocenters. The van der Waals surface area contributed by atoms with E-state index < -0.39 is 34.6 Å². The number of aromatic nitrogens is 2. The maximum absolute atomic E-state index is 14.5. The molecule has 0 aliphatic heterocycles. The van der Waals surface area contributed by atoms with Crippen LogP contribution in [0.4, 0.5) is 34.6 Å². The molecule has 12 heteroatoms. The van der Waals surface area contributed by atoms with Crippen LogP contribution in [-0.4, -0.2) is 17.3 Å². The van der Waals surface area contributed by atoms with Gasteiger partial charge >= 0.3 is 12.1 Å². The summed E-state index contributed by atoms with van der Waals surface area (Å²) in [6.07, 6.45) is -4.81. The zero-order chi connectivity index (χ0) is 23.8. The van der Waals surface area contributed by atoms with Crippen molar-refractivity contribution in [1.29, 1.82) is 0 Å². The van der Waals surface area contributed by atoms with Crippen LogP contribution in [-0.2, 0) is 12.7 Å². The predicted octanol–water partition coefficient (Wildman–Crippen LogP) is 3.85. The molecule has 1 aromatic heterocycles. The van der Waals surface area contributed by atoms with Crippen LogP contribution in [0.1, 0.15) is 11.5 Å². The van der Waals surface area contributed by atoms with Gasteiger partial charge in [0.2, 0.25) is 5.82 Å². The van der Waals surface area contributed by atoms with Crippen LogP contribution in [0.5, 0.6) is 5.75 Å². The summed E-state index contributed by atoms with van der Waals surface area (Å²) in [4.78, 5) is 27.1. The summed E-state index contributed by atoms with van der Waals surface area (Å²) in [5.74, 6) is -2.13. The molecule has 8 nitrogen and oxygen atoms in total. The Labute approximate surface area is 182 Å². The number of rotatable bonds is 7. The van der Waals surface area contributed by atoms with E-state index in [1.54, 1.807) is 24.3 Å². The summed E-state index contributed by atoms with van der Waals surface area (Å²) in [6.45, 7) is -0.158. The molecule has 4 aromatic rings. The van der Waals surface area contributed by atoms with Crippen LogP contribution in [0.25, 0.3) is 11.4 Å². The Bertz CT molecular complexity index is 1370. The van der Waals surface area contributed by atoms with Gasteiger partial charge in [-0.15, -0.1) is 0 Å². The molecule has 0 spiro atoms. The van der Waals surface area contributed by atoms with Crippen molar-refractivity contribution in [3.8, 4) is 17.1 Å². The third kappa shape index (κ3) is 4.40. The van der Waals surface area contributed by atoms with Crippen molar-refractivity contribution < 1.29 is 26.8 Å². The van der Waals surface area contributed by atoms with Crippen molar-refractivity contribution in [2.45, 2.75) is 12.7 Å². The highest BCUT2D eigenvalue weighted by molar-refractivity contribution is 5.78. The molecule has 1 heterocycles. The average molecular weight is 462 g/mol. The van der Waals surface area contributed by atoms with Crippen molar-refractivity contribution in [3.05, 3.63) is 80.2 Å². The van der Waals surface area contributed by atoms with Crippen molar-refractivity contribution in [2.75, 3.05) is 17.7 Å². The SMILES string of the molecule is COc1ccc(Nc2c(NCc3ccc(-c4noc(C(F)(F)F)n4)cc3F)c(=O)c2=O)cc1. The number of benzene rings is 2. The smallest absolute Gasteiger partial charge is 0.471 e. The van der Waals surface area contributed by atoms with Crippen LogP contribution in [0.2, 0.25) is 0 Å². The van der Waals surface area contributed by atoms with E-state index in [-0.39, 0.29) is 29.0 Å². The minimum absolute atomic E-state index is 0.00715. The third-order valence-corrected chi connectivity index (χ3v) is 4.71. The van der Waals surface area contributed by atoms with Gasteiger partial charge in [0.25, 0.3) is 10.9 Å². The number of ether oxygens (including phenoxy) is 1. The Kier molecular flexibility index (Phi) is 5.58. The van der Waals surface area contributed by atoms with E-state index in [9.17, 15) is 27.2 Å². The highest BCUT2D eigenvalue weighted by Gasteiger charge is 2.38. The zero-order valence-corrected chi connectivity index (χ0v) is 16.8. The van der Waals surface area contributed by atoms with Crippen LogP contribution in [0.3, 0.4) is 0 Å². The van der Waals surface area contributed by atoms with Crippen molar-refractivity contribution >= 4 is 17.1 Å². The lowest BCUT2D eigenvalue weighted by Crippen LogP contribution is -2.36. The highest BCUT2D eigenvalue weighted by Crippen LogP contribution is 2.30. The number of nitrogens with one attached hydrogen (secondary N) is 2. The monoisotopic (exact) mass is 462 g/mol. The van der Waals surface area contributed by atoms with Crippen LogP contribution >= 0.6 is 0 Å². The largest absolute Gasteiger partial charge is 0.497 e. The molecule has 0 amide bonds. The van der Waals surface area contributed by atoms with Gasteiger partial charge in [0.15, 0.2) is 0 Å². The first kappa shape index (κ1) is 22.0. The molecule has 0 saturated heterocycles. The first-order chi connectivity index (χ1) is 15.7. The molecule has 0 fully saturated rings. The second kappa shape index (κ2) is 8.37. The zero-order valence-electron chi connectivity index (χ0n) is 16.8. The number of halogens is 4. The van der Waals surface area contributed by atoms with Crippen molar-refractivity contribution in [3.63, 3.8) is 0 Å². The summed E-state index contributed by atoms with van der Waals surface area (Å²) in [7, 11) is 1.51. The summed E-state index contributed by atoms with van der Waals surface area (Å²) in [5, 5.41) is 8.76. The van der Waals surface area contributed by atoms with Crippen molar-refractivity contribution in [1.82, 2.24) is 10.1 Å². The molecule has 0 unspecified atom stereocenters. The van der Waals surface area contributed by atoms with Gasteiger partial charge in [-0.2, -0.15) is 18.2 Å². The number of alkyl halides is 3. The van der Waals surface area contributed by atoms with E-state index in [2.05, 4.69) is 25.3 Å². The van der Waals surface area contributed by atoms with Gasteiger partial charge in [-0.3, -0.25) is 9.59 Å². The van der Waals surface area contributed by atoms with E-state index in [1.807, 2.05) is 0 Å². The Morgan fingerprint density at radius 1 is 1.03 bits per heavy atom. The fourth-order valence-corrected chi connectivity index (χ4v) is 2.97. The average Bonchev–Trinajstić information content (AvgIpc) is 3.30. The lowest BCUT2D eigenvalue weighted by Gasteiger charge is -2.15.